The molecule has 0 aliphatic carbocycles. The Bertz CT molecular complexity index is 1170. The first-order valence-corrected chi connectivity index (χ1v) is 10.9. The zero-order valence-corrected chi connectivity index (χ0v) is 18.7. The number of fused-ring (bicyclic) bond motifs is 3. The summed E-state index contributed by atoms with van der Waals surface area (Å²) in [6.07, 6.45) is 5.27. The number of nitrogens with zero attached hydrogens (tertiary/aromatic N) is 6. The van der Waals surface area contributed by atoms with E-state index in [0.29, 0.717) is 29.4 Å². The standard InChI is InChI=1S/C22H25ClN6O2/c1-13-20(23)14(2)29-21(25-13)17-11-28(12-18(17)26-29)22(30)16-4-7-24-10-19(16)31-15-5-8-27(3)9-6-15/h4,7,10,15H,5-6,8-9,11-12H2,1-3H3. The Morgan fingerprint density at radius 1 is 1.23 bits per heavy atom. The third-order valence-electron chi connectivity index (χ3n) is 6.22. The maximum absolute atomic E-state index is 13.4. The molecule has 9 heteroatoms. The first-order valence-electron chi connectivity index (χ1n) is 10.5. The van der Waals surface area contributed by atoms with Gasteiger partial charge in [0.2, 0.25) is 0 Å². The lowest BCUT2D eigenvalue weighted by molar-refractivity contribution is 0.0732. The molecular formula is C22H25ClN6O2. The predicted octanol–water partition coefficient (Wildman–Crippen LogP) is 3.02. The van der Waals surface area contributed by atoms with Crippen molar-refractivity contribution >= 4 is 23.2 Å². The Morgan fingerprint density at radius 2 is 2.00 bits per heavy atom. The van der Waals surface area contributed by atoms with E-state index in [1.165, 1.54) is 0 Å². The third-order valence-corrected chi connectivity index (χ3v) is 6.76. The topological polar surface area (TPSA) is 75.9 Å². The molecule has 5 rings (SSSR count). The summed E-state index contributed by atoms with van der Waals surface area (Å²) in [7, 11) is 2.11. The number of likely N-dealkylation sites (tertiary alicyclic amines) is 1. The maximum Gasteiger partial charge on any atom is 0.258 e. The third kappa shape index (κ3) is 3.53. The fourth-order valence-corrected chi connectivity index (χ4v) is 4.48. The van der Waals surface area contributed by atoms with Gasteiger partial charge in [-0.1, -0.05) is 11.6 Å². The molecule has 0 unspecified atom stereocenters. The number of pyridine rings is 1. The number of hydrogen-bond donors (Lipinski definition) is 0. The number of carbonyl (C=O) groups excluding carboxylic acids is 1. The first-order chi connectivity index (χ1) is 14.9. The molecule has 31 heavy (non-hydrogen) atoms. The zero-order chi connectivity index (χ0) is 21.7. The van der Waals surface area contributed by atoms with Crippen LogP contribution in [0.15, 0.2) is 18.5 Å². The van der Waals surface area contributed by atoms with Crippen molar-refractivity contribution in [1.29, 1.82) is 0 Å². The Labute approximate surface area is 185 Å². The highest BCUT2D eigenvalue weighted by Gasteiger charge is 2.32. The lowest BCUT2D eigenvalue weighted by atomic mass is 10.1. The van der Waals surface area contributed by atoms with Gasteiger partial charge in [-0.15, -0.1) is 0 Å². The van der Waals surface area contributed by atoms with E-state index in [1.807, 2.05) is 13.8 Å². The van der Waals surface area contributed by atoms with Gasteiger partial charge in [0.05, 0.1) is 47.0 Å². The van der Waals surface area contributed by atoms with Crippen molar-refractivity contribution in [2.45, 2.75) is 45.9 Å². The molecule has 3 aromatic rings. The van der Waals surface area contributed by atoms with Crippen LogP contribution in [0, 0.1) is 13.8 Å². The van der Waals surface area contributed by atoms with Gasteiger partial charge < -0.3 is 14.5 Å². The highest BCUT2D eigenvalue weighted by Crippen LogP contribution is 2.31. The van der Waals surface area contributed by atoms with Crippen molar-refractivity contribution in [2.24, 2.45) is 0 Å². The molecule has 0 spiro atoms. The van der Waals surface area contributed by atoms with Crippen LogP contribution in [-0.4, -0.2) is 61.5 Å². The van der Waals surface area contributed by atoms with Crippen LogP contribution in [0.25, 0.3) is 5.65 Å². The summed E-state index contributed by atoms with van der Waals surface area (Å²) >= 11 is 6.33. The summed E-state index contributed by atoms with van der Waals surface area (Å²) in [6.45, 7) is 6.69. The summed E-state index contributed by atoms with van der Waals surface area (Å²) in [4.78, 5) is 26.3. The van der Waals surface area contributed by atoms with Gasteiger partial charge in [-0.05, 0) is 39.8 Å². The molecule has 1 saturated heterocycles. The molecule has 1 fully saturated rings. The van der Waals surface area contributed by atoms with Gasteiger partial charge in [0, 0.05) is 24.8 Å². The van der Waals surface area contributed by atoms with E-state index in [-0.39, 0.29) is 12.0 Å². The highest BCUT2D eigenvalue weighted by molar-refractivity contribution is 6.31. The van der Waals surface area contributed by atoms with Crippen molar-refractivity contribution < 1.29 is 9.53 Å². The van der Waals surface area contributed by atoms with Crippen LogP contribution in [0.5, 0.6) is 5.75 Å². The van der Waals surface area contributed by atoms with E-state index in [0.717, 1.165) is 54.2 Å². The van der Waals surface area contributed by atoms with Gasteiger partial charge >= 0.3 is 0 Å². The number of ether oxygens (including phenoxy) is 1. The van der Waals surface area contributed by atoms with E-state index in [9.17, 15) is 4.79 Å². The predicted molar refractivity (Wildman–Crippen MR) is 116 cm³/mol. The molecule has 2 aliphatic rings. The molecule has 0 atom stereocenters. The Hall–Kier alpha value is -2.71. The van der Waals surface area contributed by atoms with Gasteiger partial charge in [-0.25, -0.2) is 9.50 Å². The molecule has 2 aliphatic heterocycles. The SMILES string of the molecule is Cc1nc2c3c(nn2c(C)c1Cl)CN(C(=O)c1ccncc1OC1CCN(C)CC1)C3. The number of aryl methyl sites for hydroxylation is 2. The molecule has 5 heterocycles. The molecule has 0 saturated carbocycles. The van der Waals surface area contributed by atoms with E-state index in [2.05, 4.69) is 27.0 Å². The fraction of sp³-hybridized carbons (Fsp3) is 0.455. The second-order valence-electron chi connectivity index (χ2n) is 8.41. The molecule has 3 aromatic heterocycles. The molecule has 0 radical (unpaired) electrons. The molecule has 8 nitrogen and oxygen atoms in total. The van der Waals surface area contributed by atoms with Crippen LogP contribution in [0.2, 0.25) is 5.02 Å². The molecule has 1 amide bonds. The summed E-state index contributed by atoms with van der Waals surface area (Å²) in [5.74, 6) is 0.473. The van der Waals surface area contributed by atoms with Crippen LogP contribution in [-0.2, 0) is 13.1 Å². The quantitative estimate of drug-likeness (QED) is 0.623. The minimum absolute atomic E-state index is 0.0797. The minimum atomic E-state index is -0.0797. The Kier molecular flexibility index (Phi) is 5.06. The second-order valence-corrected chi connectivity index (χ2v) is 8.79. The van der Waals surface area contributed by atoms with Crippen molar-refractivity contribution in [3.8, 4) is 5.75 Å². The summed E-state index contributed by atoms with van der Waals surface area (Å²) in [5, 5.41) is 5.29. The van der Waals surface area contributed by atoms with E-state index in [1.54, 1.807) is 27.9 Å². The number of rotatable bonds is 3. The summed E-state index contributed by atoms with van der Waals surface area (Å²) in [5.41, 5.74) is 4.77. The summed E-state index contributed by atoms with van der Waals surface area (Å²) in [6, 6.07) is 1.74. The number of piperidine rings is 1. The fourth-order valence-electron chi connectivity index (χ4n) is 4.36. The van der Waals surface area contributed by atoms with Gasteiger partial charge in [0.25, 0.3) is 5.91 Å². The van der Waals surface area contributed by atoms with Crippen molar-refractivity contribution in [2.75, 3.05) is 20.1 Å². The lowest BCUT2D eigenvalue weighted by Crippen LogP contribution is -2.36. The Morgan fingerprint density at radius 3 is 2.77 bits per heavy atom. The van der Waals surface area contributed by atoms with Gasteiger partial charge in [0.15, 0.2) is 11.4 Å². The van der Waals surface area contributed by atoms with Crippen LogP contribution in [0.3, 0.4) is 0 Å². The van der Waals surface area contributed by atoms with Crippen LogP contribution >= 0.6 is 11.6 Å². The average molecular weight is 441 g/mol. The van der Waals surface area contributed by atoms with E-state index < -0.39 is 0 Å². The molecule has 0 aromatic carbocycles. The number of carbonyl (C=O) groups is 1. The number of aromatic nitrogens is 4. The highest BCUT2D eigenvalue weighted by atomic mass is 35.5. The average Bonchev–Trinajstić information content (AvgIpc) is 3.33. The zero-order valence-electron chi connectivity index (χ0n) is 17.9. The first kappa shape index (κ1) is 20.2. The lowest BCUT2D eigenvalue weighted by Gasteiger charge is -2.30. The van der Waals surface area contributed by atoms with Crippen LogP contribution in [0.4, 0.5) is 0 Å². The van der Waals surface area contributed by atoms with Crippen LogP contribution < -0.4 is 4.74 Å². The van der Waals surface area contributed by atoms with E-state index >= 15 is 0 Å². The minimum Gasteiger partial charge on any atom is -0.488 e. The molecule has 0 N–H and O–H groups in total. The van der Waals surface area contributed by atoms with Gasteiger partial charge in [-0.2, -0.15) is 5.10 Å². The molecule has 0 bridgehead atoms. The smallest absolute Gasteiger partial charge is 0.258 e. The molecule has 162 valence electrons. The maximum atomic E-state index is 13.4. The number of hydrogen-bond acceptors (Lipinski definition) is 6. The van der Waals surface area contributed by atoms with Crippen molar-refractivity contribution in [3.63, 3.8) is 0 Å². The largest absolute Gasteiger partial charge is 0.488 e. The van der Waals surface area contributed by atoms with Crippen LogP contribution in [0.1, 0.15) is 45.8 Å². The number of halogens is 1. The molecular weight excluding hydrogens is 416 g/mol. The normalized spacial score (nSPS) is 17.4. The monoisotopic (exact) mass is 440 g/mol. The van der Waals surface area contributed by atoms with Crippen molar-refractivity contribution in [1.82, 2.24) is 29.4 Å². The number of amides is 1. The second kappa shape index (κ2) is 7.76. The summed E-state index contributed by atoms with van der Waals surface area (Å²) < 4.78 is 7.99. The Balaban J connectivity index is 1.39. The van der Waals surface area contributed by atoms with Crippen molar-refractivity contribution in [3.05, 3.63) is 51.7 Å². The van der Waals surface area contributed by atoms with Gasteiger partial charge in [0.1, 0.15) is 6.10 Å². The van der Waals surface area contributed by atoms with Gasteiger partial charge in [-0.3, -0.25) is 9.78 Å². The van der Waals surface area contributed by atoms with E-state index in [4.69, 9.17) is 16.3 Å².